The summed E-state index contributed by atoms with van der Waals surface area (Å²) in [4.78, 5) is 13.4. The Balaban J connectivity index is 1.54. The fourth-order valence-corrected chi connectivity index (χ4v) is 4.98. The summed E-state index contributed by atoms with van der Waals surface area (Å²) >= 11 is 3.42. The van der Waals surface area contributed by atoms with E-state index in [4.69, 9.17) is 9.47 Å². The number of halogens is 4. The average molecular weight is 563 g/mol. The highest BCUT2D eigenvalue weighted by Crippen LogP contribution is 2.43. The molecule has 0 spiro atoms. The Morgan fingerprint density at radius 1 is 0.944 bits per heavy atom. The summed E-state index contributed by atoms with van der Waals surface area (Å²) in [5.41, 5.74) is 0.998. The lowest BCUT2D eigenvalue weighted by Crippen LogP contribution is -2.42. The minimum Gasteiger partial charge on any atom is -0.493 e. The normalized spacial score (nSPS) is 22.1. The number of hydrogen-bond donors (Lipinski definition) is 1. The van der Waals surface area contributed by atoms with Gasteiger partial charge in [0.25, 0.3) is 0 Å². The van der Waals surface area contributed by atoms with Crippen LogP contribution in [0.4, 0.5) is 13.2 Å². The average Bonchev–Trinajstić information content (AvgIpc) is 2.86. The fraction of sp³-hybridized carbons (Fsp3) is 0.321. The predicted octanol–water partition coefficient (Wildman–Crippen LogP) is 6.76. The highest BCUT2D eigenvalue weighted by molar-refractivity contribution is 9.10. The van der Waals surface area contributed by atoms with Crippen LogP contribution in [0.5, 0.6) is 5.75 Å². The Labute approximate surface area is 216 Å². The lowest BCUT2D eigenvalue weighted by molar-refractivity contribution is -0.156. The maximum atomic E-state index is 13.4. The van der Waals surface area contributed by atoms with E-state index in [-0.39, 0.29) is 30.9 Å². The molecule has 0 amide bonds. The van der Waals surface area contributed by atoms with Gasteiger partial charge in [0.15, 0.2) is 0 Å². The summed E-state index contributed by atoms with van der Waals surface area (Å²) in [5, 5.41) is 10.7. The van der Waals surface area contributed by atoms with E-state index in [1.807, 2.05) is 54.6 Å². The summed E-state index contributed by atoms with van der Waals surface area (Å²) in [6, 6.07) is 21.4. The Kier molecular flexibility index (Phi) is 8.36. The third kappa shape index (κ3) is 6.68. The molecule has 3 aromatic carbocycles. The van der Waals surface area contributed by atoms with Gasteiger partial charge in [0.2, 0.25) is 0 Å². The molecule has 0 radical (unpaired) electrons. The smallest absolute Gasteiger partial charge is 0.416 e. The van der Waals surface area contributed by atoms with Crippen LogP contribution in [0, 0.1) is 11.8 Å². The van der Waals surface area contributed by atoms with E-state index >= 15 is 0 Å². The first kappa shape index (κ1) is 26.2. The van der Waals surface area contributed by atoms with Crippen molar-refractivity contribution < 1.29 is 32.5 Å². The fourth-order valence-electron chi connectivity index (χ4n) is 4.71. The van der Waals surface area contributed by atoms with Crippen LogP contribution < -0.4 is 4.74 Å². The summed E-state index contributed by atoms with van der Waals surface area (Å²) in [6.45, 7) is 0.179. The van der Waals surface area contributed by atoms with Crippen molar-refractivity contribution in [1.29, 1.82) is 0 Å². The van der Waals surface area contributed by atoms with Crippen molar-refractivity contribution in [3.05, 3.63) is 100 Å². The van der Waals surface area contributed by atoms with E-state index in [1.165, 1.54) is 12.1 Å². The topological polar surface area (TPSA) is 55.8 Å². The van der Waals surface area contributed by atoms with Gasteiger partial charge in [0.05, 0.1) is 24.2 Å². The van der Waals surface area contributed by atoms with Crippen molar-refractivity contribution in [2.24, 2.45) is 11.8 Å². The molecule has 36 heavy (non-hydrogen) atoms. The summed E-state index contributed by atoms with van der Waals surface area (Å²) in [6.07, 6.45) is -4.38. The van der Waals surface area contributed by atoms with E-state index in [1.54, 1.807) is 0 Å². The Hall–Kier alpha value is -2.84. The third-order valence-corrected chi connectivity index (χ3v) is 7.01. The molecule has 3 aromatic rings. The number of carbonyl (C=O) groups excluding carboxylic acids is 1. The third-order valence-electron chi connectivity index (χ3n) is 6.48. The molecule has 0 saturated heterocycles. The summed E-state index contributed by atoms with van der Waals surface area (Å²) < 4.78 is 51.1. The van der Waals surface area contributed by atoms with E-state index in [9.17, 15) is 23.1 Å². The molecule has 4 rings (SSSR count). The molecule has 0 aromatic heterocycles. The van der Waals surface area contributed by atoms with Crippen molar-refractivity contribution in [1.82, 2.24) is 0 Å². The molecule has 8 heteroatoms. The molecule has 1 fully saturated rings. The first-order valence-electron chi connectivity index (χ1n) is 11.6. The Bertz CT molecular complexity index is 1130. The second kappa shape index (κ2) is 11.5. The van der Waals surface area contributed by atoms with Gasteiger partial charge in [-0.2, -0.15) is 13.2 Å². The second-order valence-corrected chi connectivity index (χ2v) is 9.91. The van der Waals surface area contributed by atoms with E-state index in [0.29, 0.717) is 12.8 Å². The van der Waals surface area contributed by atoms with Gasteiger partial charge in [-0.15, -0.1) is 0 Å². The monoisotopic (exact) mass is 562 g/mol. The maximum absolute atomic E-state index is 13.4. The predicted molar refractivity (Wildman–Crippen MR) is 132 cm³/mol. The zero-order valence-electron chi connectivity index (χ0n) is 19.3. The van der Waals surface area contributed by atoms with Crippen molar-refractivity contribution in [2.45, 2.75) is 37.6 Å². The molecule has 0 bridgehead atoms. The minimum absolute atomic E-state index is 0.0561. The maximum Gasteiger partial charge on any atom is 0.416 e. The molecule has 4 atom stereocenters. The second-order valence-electron chi connectivity index (χ2n) is 9.00. The van der Waals surface area contributed by atoms with Crippen LogP contribution >= 0.6 is 15.9 Å². The molecule has 0 aliphatic heterocycles. The first-order valence-corrected chi connectivity index (χ1v) is 12.4. The number of rotatable bonds is 7. The van der Waals surface area contributed by atoms with Crippen LogP contribution in [0.15, 0.2) is 83.3 Å². The SMILES string of the molecule is O=C(OCc1ccccc1)[C@H]1[C@H](COc2ccc(C(F)(F)F)cc2)C[C@H](O)C[C@@H]1c1ccc(Br)cc1. The lowest BCUT2D eigenvalue weighted by Gasteiger charge is -2.39. The molecule has 1 saturated carbocycles. The molecular weight excluding hydrogens is 537 g/mol. The van der Waals surface area contributed by atoms with Gasteiger partial charge >= 0.3 is 12.1 Å². The van der Waals surface area contributed by atoms with Crippen LogP contribution in [0.3, 0.4) is 0 Å². The zero-order valence-corrected chi connectivity index (χ0v) is 20.9. The van der Waals surface area contributed by atoms with E-state index in [2.05, 4.69) is 15.9 Å². The Morgan fingerprint density at radius 2 is 1.61 bits per heavy atom. The minimum atomic E-state index is -4.43. The van der Waals surface area contributed by atoms with Gasteiger partial charge in [-0.1, -0.05) is 58.4 Å². The molecule has 190 valence electrons. The van der Waals surface area contributed by atoms with Crippen LogP contribution in [0.1, 0.15) is 35.4 Å². The van der Waals surface area contributed by atoms with E-state index in [0.717, 1.165) is 27.7 Å². The van der Waals surface area contributed by atoms with Crippen molar-refractivity contribution in [2.75, 3.05) is 6.61 Å². The van der Waals surface area contributed by atoms with Gasteiger partial charge in [-0.3, -0.25) is 4.79 Å². The zero-order chi connectivity index (χ0) is 25.7. The molecular formula is C28H26BrF3O4. The highest BCUT2D eigenvalue weighted by Gasteiger charge is 2.43. The molecule has 0 unspecified atom stereocenters. The number of ether oxygens (including phenoxy) is 2. The number of carbonyl (C=O) groups is 1. The van der Waals surface area contributed by atoms with Crippen molar-refractivity contribution >= 4 is 21.9 Å². The lowest BCUT2D eigenvalue weighted by atomic mass is 9.68. The number of aliphatic hydroxyl groups is 1. The van der Waals surface area contributed by atoms with Gasteiger partial charge in [0, 0.05) is 16.3 Å². The van der Waals surface area contributed by atoms with Crippen LogP contribution in [-0.4, -0.2) is 23.8 Å². The van der Waals surface area contributed by atoms with Gasteiger partial charge < -0.3 is 14.6 Å². The highest BCUT2D eigenvalue weighted by atomic mass is 79.9. The summed E-state index contributed by atoms with van der Waals surface area (Å²) in [5.74, 6) is -1.41. The number of esters is 1. The summed E-state index contributed by atoms with van der Waals surface area (Å²) in [7, 11) is 0. The van der Waals surface area contributed by atoms with Crippen LogP contribution in [-0.2, 0) is 22.3 Å². The number of hydrogen-bond acceptors (Lipinski definition) is 4. The van der Waals surface area contributed by atoms with Crippen LogP contribution in [0.2, 0.25) is 0 Å². The first-order chi connectivity index (χ1) is 17.2. The standard InChI is InChI=1S/C28H26BrF3O4/c29-22-10-6-19(7-11-22)25-15-23(33)14-20(17-35-24-12-8-21(9-13-24)28(30,31)32)26(25)27(34)36-16-18-4-2-1-3-5-18/h1-13,20,23,25-26,33H,14-17H2/t20-,23-,25+,26-/m0/s1. The van der Waals surface area contributed by atoms with E-state index < -0.39 is 29.7 Å². The molecule has 1 aliphatic carbocycles. The number of benzene rings is 3. The van der Waals surface area contributed by atoms with Crippen molar-refractivity contribution in [3.63, 3.8) is 0 Å². The molecule has 1 N–H and O–H groups in total. The molecule has 4 nitrogen and oxygen atoms in total. The number of aliphatic hydroxyl groups excluding tert-OH is 1. The quantitative estimate of drug-likeness (QED) is 0.323. The van der Waals surface area contributed by atoms with Gasteiger partial charge in [0.1, 0.15) is 12.4 Å². The largest absolute Gasteiger partial charge is 0.493 e. The molecule has 0 heterocycles. The number of alkyl halides is 3. The van der Waals surface area contributed by atoms with Crippen LogP contribution in [0.25, 0.3) is 0 Å². The van der Waals surface area contributed by atoms with Gasteiger partial charge in [-0.05, 0) is 60.4 Å². The Morgan fingerprint density at radius 3 is 2.25 bits per heavy atom. The van der Waals surface area contributed by atoms with Crippen molar-refractivity contribution in [3.8, 4) is 5.75 Å². The van der Waals surface area contributed by atoms with Gasteiger partial charge in [-0.25, -0.2) is 0 Å². The molecule has 1 aliphatic rings.